The molecule has 1 nitrogen and oxygen atoms in total. The molecule has 0 atom stereocenters. The number of hydrogen-bond acceptors (Lipinski definition) is 1. The molecule has 84 valence electrons. The molecule has 0 saturated heterocycles. The normalized spacial score (nSPS) is 12.4. The molecule has 0 spiro atoms. The molecule has 0 heterocycles. The molecule has 1 aromatic carbocycles. The van der Waals surface area contributed by atoms with Crippen LogP contribution in [0.1, 0.15) is 6.92 Å². The highest BCUT2D eigenvalue weighted by atomic mass is 19.1. The van der Waals surface area contributed by atoms with Gasteiger partial charge < -0.3 is 4.90 Å². The first-order valence-corrected chi connectivity index (χ1v) is 5.10. The Morgan fingerprint density at radius 1 is 1.31 bits per heavy atom. The molecule has 1 rings (SSSR count). The van der Waals surface area contributed by atoms with Crippen molar-refractivity contribution in [2.45, 2.75) is 6.92 Å². The Bertz CT molecular complexity index is 404. The van der Waals surface area contributed by atoms with Gasteiger partial charge in [-0.1, -0.05) is 30.9 Å². The van der Waals surface area contributed by atoms with E-state index in [0.29, 0.717) is 0 Å². The molecule has 0 aliphatic rings. The Kier molecular flexibility index (Phi) is 4.52. The number of rotatable bonds is 4. The summed E-state index contributed by atoms with van der Waals surface area (Å²) in [6.45, 7) is 5.32. The van der Waals surface area contributed by atoms with Gasteiger partial charge in [0.15, 0.2) is 0 Å². The lowest BCUT2D eigenvalue weighted by Gasteiger charge is -2.19. The van der Waals surface area contributed by atoms with Crippen LogP contribution in [0, 0.1) is 0 Å². The quantitative estimate of drug-likeness (QED) is 0.687. The summed E-state index contributed by atoms with van der Waals surface area (Å²) >= 11 is 0. The third kappa shape index (κ3) is 3.39. The number of hydrogen-bond donors (Lipinski definition) is 0. The molecule has 16 heavy (non-hydrogen) atoms. The molecule has 1 aromatic rings. The van der Waals surface area contributed by atoms with E-state index in [1.165, 1.54) is 18.2 Å². The van der Waals surface area contributed by atoms with Crippen LogP contribution >= 0.6 is 0 Å². The van der Waals surface area contributed by atoms with Crippen molar-refractivity contribution >= 4 is 5.69 Å². The van der Waals surface area contributed by atoms with Gasteiger partial charge in [-0.25, -0.2) is 4.39 Å². The monoisotopic (exact) mass is 217 g/mol. The zero-order valence-corrected chi connectivity index (χ0v) is 9.65. The lowest BCUT2D eigenvalue weighted by molar-refractivity contribution is 0.664. The Balaban J connectivity index is 2.86. The molecule has 0 radical (unpaired) electrons. The van der Waals surface area contributed by atoms with E-state index >= 15 is 0 Å². The van der Waals surface area contributed by atoms with E-state index in [9.17, 15) is 4.39 Å². The highest BCUT2D eigenvalue weighted by Crippen LogP contribution is 2.17. The van der Waals surface area contributed by atoms with Crippen molar-refractivity contribution in [1.82, 2.24) is 0 Å². The standard InChI is InChI=1S/C14H16FN/c1-4-8-13(15)11-12(2)16(3)14-9-6-5-7-10-14/h4-11H,1H2,2-3H3/b12-11+,13-8+. The number of benzene rings is 1. The summed E-state index contributed by atoms with van der Waals surface area (Å²) in [7, 11) is 1.91. The van der Waals surface area contributed by atoms with Gasteiger partial charge in [-0.3, -0.25) is 0 Å². The first kappa shape index (κ1) is 12.2. The maximum atomic E-state index is 13.2. The van der Waals surface area contributed by atoms with Crippen LogP contribution in [0.2, 0.25) is 0 Å². The van der Waals surface area contributed by atoms with Gasteiger partial charge in [-0.2, -0.15) is 0 Å². The highest BCUT2D eigenvalue weighted by Gasteiger charge is 2.01. The second-order valence-corrected chi connectivity index (χ2v) is 3.47. The van der Waals surface area contributed by atoms with Gasteiger partial charge in [0, 0.05) is 18.4 Å². The molecule has 2 heteroatoms. The number of nitrogens with zero attached hydrogens (tertiary/aromatic N) is 1. The minimum atomic E-state index is -0.296. The molecular formula is C14H16FN. The Morgan fingerprint density at radius 3 is 2.50 bits per heavy atom. The number of allylic oxidation sites excluding steroid dienone is 5. The molecule has 0 aromatic heterocycles. The predicted molar refractivity (Wildman–Crippen MR) is 68.0 cm³/mol. The molecule has 0 fully saturated rings. The van der Waals surface area contributed by atoms with Crippen LogP contribution in [0.25, 0.3) is 0 Å². The fourth-order valence-corrected chi connectivity index (χ4v) is 1.31. The average Bonchev–Trinajstić information content (AvgIpc) is 2.29. The lowest BCUT2D eigenvalue weighted by atomic mass is 10.2. The van der Waals surface area contributed by atoms with E-state index < -0.39 is 0 Å². The molecule has 0 aliphatic carbocycles. The van der Waals surface area contributed by atoms with Crippen LogP contribution in [-0.4, -0.2) is 7.05 Å². The molecule has 0 saturated carbocycles. The highest BCUT2D eigenvalue weighted by molar-refractivity contribution is 5.51. The van der Waals surface area contributed by atoms with Gasteiger partial charge in [0.05, 0.1) is 0 Å². The van der Waals surface area contributed by atoms with Gasteiger partial charge in [0.25, 0.3) is 0 Å². The van der Waals surface area contributed by atoms with Crippen molar-refractivity contribution in [3.63, 3.8) is 0 Å². The van der Waals surface area contributed by atoms with E-state index in [-0.39, 0.29) is 5.83 Å². The first-order valence-electron chi connectivity index (χ1n) is 5.10. The Labute approximate surface area is 96.2 Å². The van der Waals surface area contributed by atoms with Gasteiger partial charge in [-0.15, -0.1) is 0 Å². The SMILES string of the molecule is C=C/C=C(F)\C=C(/C)N(C)c1ccccc1. The van der Waals surface area contributed by atoms with Crippen LogP contribution < -0.4 is 4.90 Å². The van der Waals surface area contributed by atoms with Crippen molar-refractivity contribution in [2.24, 2.45) is 0 Å². The first-order chi connectivity index (χ1) is 7.65. The zero-order valence-electron chi connectivity index (χ0n) is 9.65. The molecule has 0 unspecified atom stereocenters. The second-order valence-electron chi connectivity index (χ2n) is 3.47. The van der Waals surface area contributed by atoms with E-state index in [1.807, 2.05) is 49.2 Å². The smallest absolute Gasteiger partial charge is 0.124 e. The summed E-state index contributed by atoms with van der Waals surface area (Å²) in [5, 5.41) is 0. The van der Waals surface area contributed by atoms with Gasteiger partial charge in [0.1, 0.15) is 5.83 Å². The van der Waals surface area contributed by atoms with Crippen LogP contribution in [0.15, 0.2) is 66.7 Å². The second kappa shape index (κ2) is 5.91. The largest absolute Gasteiger partial charge is 0.348 e. The fraction of sp³-hybridized carbons (Fsp3) is 0.143. The third-order valence-corrected chi connectivity index (χ3v) is 2.30. The Hall–Kier alpha value is -1.83. The number of anilines is 1. The predicted octanol–water partition coefficient (Wildman–Crippen LogP) is 4.07. The molecule has 0 amide bonds. The van der Waals surface area contributed by atoms with Crippen LogP contribution in [-0.2, 0) is 0 Å². The summed E-state index contributed by atoms with van der Waals surface area (Å²) in [4.78, 5) is 1.93. The van der Waals surface area contributed by atoms with Gasteiger partial charge >= 0.3 is 0 Å². The van der Waals surface area contributed by atoms with Gasteiger partial charge in [0.2, 0.25) is 0 Å². The lowest BCUT2D eigenvalue weighted by Crippen LogP contribution is -2.13. The summed E-state index contributed by atoms with van der Waals surface area (Å²) in [5.41, 5.74) is 1.87. The van der Waals surface area contributed by atoms with Crippen molar-refractivity contribution in [3.05, 3.63) is 66.7 Å². The third-order valence-electron chi connectivity index (χ3n) is 2.30. The van der Waals surface area contributed by atoms with E-state index in [1.54, 1.807) is 0 Å². The van der Waals surface area contributed by atoms with Crippen molar-refractivity contribution in [3.8, 4) is 0 Å². The summed E-state index contributed by atoms with van der Waals surface area (Å²) in [6.07, 6.45) is 4.25. The maximum absolute atomic E-state index is 13.2. The van der Waals surface area contributed by atoms with E-state index in [0.717, 1.165) is 11.4 Å². The maximum Gasteiger partial charge on any atom is 0.124 e. The van der Waals surface area contributed by atoms with E-state index in [2.05, 4.69) is 6.58 Å². The van der Waals surface area contributed by atoms with Crippen LogP contribution in [0.3, 0.4) is 0 Å². The summed E-state index contributed by atoms with van der Waals surface area (Å²) in [5.74, 6) is -0.296. The molecular weight excluding hydrogens is 201 g/mol. The summed E-state index contributed by atoms with van der Waals surface area (Å²) < 4.78 is 13.2. The van der Waals surface area contributed by atoms with Crippen molar-refractivity contribution in [2.75, 3.05) is 11.9 Å². The minimum absolute atomic E-state index is 0.296. The number of halogens is 1. The van der Waals surface area contributed by atoms with Crippen molar-refractivity contribution < 1.29 is 4.39 Å². The van der Waals surface area contributed by atoms with Crippen molar-refractivity contribution in [1.29, 1.82) is 0 Å². The average molecular weight is 217 g/mol. The van der Waals surface area contributed by atoms with Crippen LogP contribution in [0.4, 0.5) is 10.1 Å². The fourth-order valence-electron chi connectivity index (χ4n) is 1.31. The summed E-state index contributed by atoms with van der Waals surface area (Å²) in [6, 6.07) is 9.82. The topological polar surface area (TPSA) is 3.24 Å². The van der Waals surface area contributed by atoms with E-state index in [4.69, 9.17) is 0 Å². The van der Waals surface area contributed by atoms with Crippen LogP contribution in [0.5, 0.6) is 0 Å². The molecule has 0 aliphatic heterocycles. The molecule has 0 bridgehead atoms. The molecule has 0 N–H and O–H groups in total. The van der Waals surface area contributed by atoms with Gasteiger partial charge in [-0.05, 0) is 31.2 Å². The Morgan fingerprint density at radius 2 is 1.94 bits per heavy atom. The zero-order chi connectivity index (χ0) is 12.0. The number of para-hydroxylation sites is 1. The minimum Gasteiger partial charge on any atom is -0.348 e.